The summed E-state index contributed by atoms with van der Waals surface area (Å²) in [5.74, 6) is 3.20. The van der Waals surface area contributed by atoms with Crippen LogP contribution in [0.1, 0.15) is 44.9 Å². The van der Waals surface area contributed by atoms with Crippen LogP contribution in [0.4, 0.5) is 0 Å². The fourth-order valence-electron chi connectivity index (χ4n) is 4.82. The van der Waals surface area contributed by atoms with Crippen molar-refractivity contribution in [2.24, 2.45) is 39.6 Å². The molecule has 0 amide bonds. The molecular formula is C13H23N3. The Labute approximate surface area is 97.7 Å². The lowest BCUT2D eigenvalue weighted by Gasteiger charge is -2.47. The maximum atomic E-state index is 5.49. The zero-order chi connectivity index (χ0) is 11.2. The SMILES string of the molecule is NC(N)=NCC12CC3CCC(CC(C3)C1)C2. The number of hydrogen-bond donors (Lipinski definition) is 2. The highest BCUT2D eigenvalue weighted by molar-refractivity contribution is 5.75. The molecule has 0 radical (unpaired) electrons. The molecule has 0 saturated heterocycles. The zero-order valence-corrected chi connectivity index (χ0v) is 9.99. The summed E-state index contributed by atoms with van der Waals surface area (Å²) in [6.07, 6.45) is 10.1. The van der Waals surface area contributed by atoms with Gasteiger partial charge in [-0.25, -0.2) is 0 Å². The second-order valence-electron chi connectivity index (χ2n) is 6.50. The van der Waals surface area contributed by atoms with Crippen molar-refractivity contribution >= 4 is 5.96 Å². The average Bonchev–Trinajstić information content (AvgIpc) is 2.42. The van der Waals surface area contributed by atoms with E-state index in [4.69, 9.17) is 11.5 Å². The number of rotatable bonds is 2. The Morgan fingerprint density at radius 3 is 2.12 bits per heavy atom. The van der Waals surface area contributed by atoms with E-state index in [0.29, 0.717) is 5.41 Å². The quantitative estimate of drug-likeness (QED) is 0.552. The van der Waals surface area contributed by atoms with Crippen molar-refractivity contribution in [1.29, 1.82) is 0 Å². The van der Waals surface area contributed by atoms with Crippen LogP contribution in [0.3, 0.4) is 0 Å². The molecule has 4 rings (SSSR count). The van der Waals surface area contributed by atoms with Crippen LogP contribution in [0.5, 0.6) is 0 Å². The largest absolute Gasteiger partial charge is 0.370 e. The van der Waals surface area contributed by atoms with Crippen molar-refractivity contribution in [2.45, 2.75) is 44.9 Å². The lowest BCUT2D eigenvalue weighted by Crippen LogP contribution is -2.40. The number of aliphatic imine (C=N–C) groups is 1. The number of guanidine groups is 1. The third-order valence-corrected chi connectivity index (χ3v) is 5.08. The normalized spacial score (nSPS) is 45.4. The Balaban J connectivity index is 1.82. The van der Waals surface area contributed by atoms with Gasteiger partial charge in [0.25, 0.3) is 0 Å². The zero-order valence-electron chi connectivity index (χ0n) is 9.99. The van der Waals surface area contributed by atoms with E-state index < -0.39 is 0 Å². The van der Waals surface area contributed by atoms with E-state index in [1.165, 1.54) is 44.9 Å². The van der Waals surface area contributed by atoms with Gasteiger partial charge in [0.05, 0.1) is 0 Å². The summed E-state index contributed by atoms with van der Waals surface area (Å²) in [6, 6.07) is 0. The molecule has 0 aliphatic heterocycles. The number of hydrogen-bond acceptors (Lipinski definition) is 1. The minimum absolute atomic E-state index is 0.273. The summed E-state index contributed by atoms with van der Waals surface area (Å²) >= 11 is 0. The molecule has 0 heterocycles. The minimum atomic E-state index is 0.273. The lowest BCUT2D eigenvalue weighted by atomic mass is 9.58. The molecule has 4 saturated carbocycles. The maximum Gasteiger partial charge on any atom is 0.185 e. The number of nitrogens with zero attached hydrogens (tertiary/aromatic N) is 1. The van der Waals surface area contributed by atoms with Crippen molar-refractivity contribution in [2.75, 3.05) is 6.54 Å². The molecule has 90 valence electrons. The first-order chi connectivity index (χ1) is 7.65. The molecular weight excluding hydrogens is 198 g/mol. The topological polar surface area (TPSA) is 64.4 Å². The summed E-state index contributed by atoms with van der Waals surface area (Å²) in [6.45, 7) is 0.888. The summed E-state index contributed by atoms with van der Waals surface area (Å²) in [5, 5.41) is 0. The third kappa shape index (κ3) is 1.80. The standard InChI is InChI=1S/C13H23N3/c14-12(15)16-8-13-5-9-1-2-10(6-13)4-11(3-9)7-13/h9-11H,1-8H2,(H4,14,15,16). The predicted octanol–water partition coefficient (Wildman–Crippen LogP) is 1.87. The number of nitrogens with two attached hydrogens (primary N) is 2. The van der Waals surface area contributed by atoms with Crippen molar-refractivity contribution in [3.63, 3.8) is 0 Å². The molecule has 4 bridgehead atoms. The van der Waals surface area contributed by atoms with Gasteiger partial charge in [-0.05, 0) is 55.3 Å². The van der Waals surface area contributed by atoms with E-state index in [2.05, 4.69) is 4.99 Å². The Morgan fingerprint density at radius 2 is 1.56 bits per heavy atom. The van der Waals surface area contributed by atoms with Crippen molar-refractivity contribution in [1.82, 2.24) is 0 Å². The molecule has 16 heavy (non-hydrogen) atoms. The number of fused-ring (bicyclic) bond motifs is 1. The van der Waals surface area contributed by atoms with Gasteiger partial charge in [-0.15, -0.1) is 0 Å². The summed E-state index contributed by atoms with van der Waals surface area (Å²) in [5.41, 5.74) is 11.4. The van der Waals surface area contributed by atoms with E-state index in [0.717, 1.165) is 24.3 Å². The van der Waals surface area contributed by atoms with Crippen LogP contribution in [0.25, 0.3) is 0 Å². The van der Waals surface area contributed by atoms with Crippen molar-refractivity contribution in [3.05, 3.63) is 0 Å². The molecule has 4 aliphatic rings. The minimum Gasteiger partial charge on any atom is -0.370 e. The molecule has 2 atom stereocenters. The highest BCUT2D eigenvalue weighted by Crippen LogP contribution is 2.57. The molecule has 0 aromatic carbocycles. The van der Waals surface area contributed by atoms with Crippen LogP contribution in [-0.4, -0.2) is 12.5 Å². The molecule has 2 unspecified atom stereocenters. The maximum absolute atomic E-state index is 5.49. The van der Waals surface area contributed by atoms with Gasteiger partial charge in [0.15, 0.2) is 5.96 Å². The Hall–Kier alpha value is -0.730. The van der Waals surface area contributed by atoms with Crippen LogP contribution in [0.15, 0.2) is 4.99 Å². The summed E-state index contributed by atoms with van der Waals surface area (Å²) in [4.78, 5) is 4.33. The van der Waals surface area contributed by atoms with Gasteiger partial charge in [0, 0.05) is 6.54 Å². The summed E-state index contributed by atoms with van der Waals surface area (Å²) in [7, 11) is 0. The molecule has 0 aromatic rings. The van der Waals surface area contributed by atoms with Gasteiger partial charge in [0.1, 0.15) is 0 Å². The second kappa shape index (κ2) is 3.64. The predicted molar refractivity (Wildman–Crippen MR) is 65.9 cm³/mol. The van der Waals surface area contributed by atoms with Gasteiger partial charge >= 0.3 is 0 Å². The highest BCUT2D eigenvalue weighted by atomic mass is 15.0. The Morgan fingerprint density at radius 1 is 1.00 bits per heavy atom. The van der Waals surface area contributed by atoms with E-state index >= 15 is 0 Å². The van der Waals surface area contributed by atoms with E-state index in [1.807, 2.05) is 0 Å². The second-order valence-corrected chi connectivity index (χ2v) is 6.50. The molecule has 0 spiro atoms. The molecule has 4 N–H and O–H groups in total. The average molecular weight is 221 g/mol. The van der Waals surface area contributed by atoms with Gasteiger partial charge in [-0.1, -0.05) is 12.8 Å². The van der Waals surface area contributed by atoms with Gasteiger partial charge in [0.2, 0.25) is 0 Å². The van der Waals surface area contributed by atoms with E-state index in [1.54, 1.807) is 0 Å². The molecule has 3 nitrogen and oxygen atoms in total. The molecule has 4 fully saturated rings. The summed E-state index contributed by atoms with van der Waals surface area (Å²) < 4.78 is 0. The fourth-order valence-corrected chi connectivity index (χ4v) is 4.82. The van der Waals surface area contributed by atoms with Crippen molar-refractivity contribution in [3.8, 4) is 0 Å². The van der Waals surface area contributed by atoms with E-state index in [9.17, 15) is 0 Å². The first-order valence-corrected chi connectivity index (χ1v) is 6.71. The van der Waals surface area contributed by atoms with Crippen molar-refractivity contribution < 1.29 is 0 Å². The van der Waals surface area contributed by atoms with Crippen LogP contribution in [0, 0.1) is 23.2 Å². The van der Waals surface area contributed by atoms with Crippen LogP contribution in [0.2, 0.25) is 0 Å². The fraction of sp³-hybridized carbons (Fsp3) is 0.923. The van der Waals surface area contributed by atoms with Gasteiger partial charge in [-0.3, -0.25) is 4.99 Å². The third-order valence-electron chi connectivity index (χ3n) is 5.08. The Kier molecular flexibility index (Phi) is 2.37. The molecule has 3 heteroatoms. The first-order valence-electron chi connectivity index (χ1n) is 6.71. The highest BCUT2D eigenvalue weighted by Gasteiger charge is 2.48. The van der Waals surface area contributed by atoms with E-state index in [-0.39, 0.29) is 5.96 Å². The van der Waals surface area contributed by atoms with Crippen LogP contribution >= 0.6 is 0 Å². The smallest absolute Gasteiger partial charge is 0.185 e. The van der Waals surface area contributed by atoms with Gasteiger partial charge < -0.3 is 11.5 Å². The van der Waals surface area contributed by atoms with Crippen LogP contribution in [-0.2, 0) is 0 Å². The Bertz CT molecular complexity index is 290. The molecule has 4 aliphatic carbocycles. The van der Waals surface area contributed by atoms with Crippen LogP contribution < -0.4 is 11.5 Å². The van der Waals surface area contributed by atoms with Gasteiger partial charge in [-0.2, -0.15) is 0 Å². The monoisotopic (exact) mass is 221 g/mol. The lowest BCUT2D eigenvalue weighted by molar-refractivity contribution is 0.0426. The first kappa shape index (κ1) is 10.4. The molecule has 0 aromatic heterocycles.